The van der Waals surface area contributed by atoms with Crippen LogP contribution in [-0.4, -0.2) is 108 Å². The van der Waals surface area contributed by atoms with Gasteiger partial charge in [0.25, 0.3) is 0 Å². The van der Waals surface area contributed by atoms with Gasteiger partial charge < -0.3 is 10.2 Å². The van der Waals surface area contributed by atoms with Crippen LogP contribution in [0.25, 0.3) is 0 Å². The Hall–Kier alpha value is -1.16. The number of thioether (sulfide) groups is 4. The molecule has 14 nitrogen and oxygen atoms in total. The van der Waals surface area contributed by atoms with E-state index in [1.165, 1.54) is 0 Å². The summed E-state index contributed by atoms with van der Waals surface area (Å²) >= 11 is 15.6. The summed E-state index contributed by atoms with van der Waals surface area (Å²) in [5.74, 6) is 8.90. The highest BCUT2D eigenvalue weighted by atomic mass is 32.2. The van der Waals surface area contributed by atoms with Crippen LogP contribution in [0.3, 0.4) is 0 Å². The summed E-state index contributed by atoms with van der Waals surface area (Å²) in [7, 11) is 0. The van der Waals surface area contributed by atoms with Gasteiger partial charge in [-0.15, -0.1) is 0 Å². The van der Waals surface area contributed by atoms with E-state index in [9.17, 15) is 39.0 Å². The minimum Gasteiger partial charge on any atom is -0.395 e. The number of thiol groups is 2. The Balaban J connectivity index is 1.71. The molecule has 0 unspecified atom stereocenters. The molecule has 0 aromatic carbocycles. The van der Waals surface area contributed by atoms with E-state index >= 15 is 0 Å². The largest absolute Gasteiger partial charge is 0.395 e. The van der Waals surface area contributed by atoms with Crippen LogP contribution in [0.15, 0.2) is 28.8 Å². The van der Waals surface area contributed by atoms with E-state index in [1.54, 1.807) is 47.0 Å². The molecule has 2 heterocycles. The number of aliphatic hydroxyl groups excluding tert-OH is 2. The summed E-state index contributed by atoms with van der Waals surface area (Å²) in [4.78, 5) is 78.1. The van der Waals surface area contributed by atoms with Crippen molar-refractivity contribution in [2.45, 2.75) is 123 Å². The first-order valence-corrected chi connectivity index (χ1v) is 26.3. The second kappa shape index (κ2) is 32.6. The molecule has 0 bridgehead atoms. The molecule has 2 aromatic rings. The molecule has 2 rings (SSSR count). The molecular formula is C37H66N6O8S6. The van der Waals surface area contributed by atoms with Crippen LogP contribution < -0.4 is 34.1 Å². The molecule has 0 saturated heterocycles. The van der Waals surface area contributed by atoms with Crippen LogP contribution in [-0.2, 0) is 39.3 Å². The summed E-state index contributed by atoms with van der Waals surface area (Å²) in [5.41, 5.74) is -3.82. The summed E-state index contributed by atoms with van der Waals surface area (Å²) in [5, 5.41) is 18.9. The van der Waals surface area contributed by atoms with Crippen molar-refractivity contribution in [2.75, 3.05) is 70.7 Å². The molecule has 0 aliphatic heterocycles. The number of unbranched alkanes of at least 4 members (excludes halogenated alkanes) is 6. The molecule has 2 aromatic heterocycles. The molecule has 0 saturated carbocycles. The third-order valence-electron chi connectivity index (χ3n) is 9.07. The zero-order valence-electron chi connectivity index (χ0n) is 33.5. The third-order valence-corrected chi connectivity index (χ3v) is 14.3. The first-order valence-electron chi connectivity index (χ1n) is 20.4. The number of hydrogen-bond donors (Lipinski definition) is 4. The second-order valence-corrected chi connectivity index (χ2v) is 19.3. The predicted molar refractivity (Wildman–Crippen MR) is 250 cm³/mol. The lowest BCUT2D eigenvalue weighted by Crippen LogP contribution is -2.55. The molecule has 0 aliphatic rings. The van der Waals surface area contributed by atoms with Crippen molar-refractivity contribution in [3.63, 3.8) is 0 Å². The molecule has 57 heavy (non-hydrogen) atoms. The summed E-state index contributed by atoms with van der Waals surface area (Å²) in [6.45, 7) is -0.126. The zero-order valence-corrected chi connectivity index (χ0v) is 38.5. The highest BCUT2D eigenvalue weighted by molar-refractivity contribution is 7.99. The Morgan fingerprint density at radius 3 is 0.754 bits per heavy atom. The number of aromatic nitrogens is 6. The molecule has 0 atom stereocenters. The molecule has 0 fully saturated rings. The van der Waals surface area contributed by atoms with Crippen molar-refractivity contribution in [3.8, 4) is 0 Å². The van der Waals surface area contributed by atoms with E-state index < -0.39 is 34.1 Å². The fourth-order valence-electron chi connectivity index (χ4n) is 5.99. The maximum absolute atomic E-state index is 13.2. The van der Waals surface area contributed by atoms with Crippen molar-refractivity contribution in [1.29, 1.82) is 0 Å². The van der Waals surface area contributed by atoms with E-state index in [0.29, 0.717) is 25.7 Å². The molecule has 328 valence electrons. The van der Waals surface area contributed by atoms with E-state index in [1.807, 2.05) is 0 Å². The molecule has 20 heteroatoms. The van der Waals surface area contributed by atoms with E-state index in [4.69, 9.17) is 0 Å². The van der Waals surface area contributed by atoms with Crippen LogP contribution in [0.4, 0.5) is 0 Å². The molecule has 0 aliphatic carbocycles. The Labute approximate surface area is 364 Å². The van der Waals surface area contributed by atoms with Crippen molar-refractivity contribution in [3.05, 3.63) is 62.9 Å². The average Bonchev–Trinajstić information content (AvgIpc) is 3.20. The monoisotopic (exact) mass is 914 g/mol. The van der Waals surface area contributed by atoms with Crippen LogP contribution in [0.5, 0.6) is 0 Å². The second-order valence-electron chi connectivity index (χ2n) is 13.5. The third kappa shape index (κ3) is 19.4. The zero-order chi connectivity index (χ0) is 41.7. The molecule has 0 radical (unpaired) electrons. The normalized spacial score (nSPS) is 11.6. The van der Waals surface area contributed by atoms with Crippen molar-refractivity contribution < 1.29 is 10.2 Å². The number of aliphatic hydroxyl groups is 2. The van der Waals surface area contributed by atoms with E-state index in [2.05, 4.69) is 25.3 Å². The SMILES string of the molecule is O=c1n(CCO)c(=O)n(CCCSCCCCCSCCCn2c(=O)n(CCO)c(=O)n(CCCSCCCCCS)c2=O)c(=O)n1CCCSCCCCCS. The van der Waals surface area contributed by atoms with E-state index in [0.717, 1.165) is 143 Å². The van der Waals surface area contributed by atoms with Gasteiger partial charge in [0.05, 0.1) is 26.3 Å². The van der Waals surface area contributed by atoms with Gasteiger partial charge in [0.2, 0.25) is 0 Å². The van der Waals surface area contributed by atoms with Crippen LogP contribution in [0.1, 0.15) is 83.5 Å². The van der Waals surface area contributed by atoms with Crippen molar-refractivity contribution >= 4 is 72.3 Å². The van der Waals surface area contributed by atoms with Crippen LogP contribution in [0, 0.1) is 0 Å². The van der Waals surface area contributed by atoms with Crippen molar-refractivity contribution in [1.82, 2.24) is 27.4 Å². The Morgan fingerprint density at radius 1 is 0.316 bits per heavy atom. The molecule has 0 spiro atoms. The van der Waals surface area contributed by atoms with Crippen molar-refractivity contribution in [2.24, 2.45) is 0 Å². The fraction of sp³-hybridized carbons (Fsp3) is 0.838. The highest BCUT2D eigenvalue weighted by Gasteiger charge is 2.16. The number of nitrogens with zero attached hydrogens (tertiary/aromatic N) is 6. The number of hydrogen-bond acceptors (Lipinski definition) is 14. The Kier molecular flexibility index (Phi) is 29.7. The quantitative estimate of drug-likeness (QED) is 0.0583. The van der Waals surface area contributed by atoms with Gasteiger partial charge in [-0.25, -0.2) is 56.2 Å². The summed E-state index contributed by atoms with van der Waals surface area (Å²) < 4.78 is 6.46. The summed E-state index contributed by atoms with van der Waals surface area (Å²) in [6, 6.07) is 0. The first kappa shape index (κ1) is 52.0. The van der Waals surface area contributed by atoms with Gasteiger partial charge in [0.1, 0.15) is 0 Å². The van der Waals surface area contributed by atoms with Gasteiger partial charge in [-0.05, 0) is 122 Å². The minimum absolute atomic E-state index is 0.148. The lowest BCUT2D eigenvalue weighted by atomic mass is 10.3. The van der Waals surface area contributed by atoms with Gasteiger partial charge in [0.15, 0.2) is 0 Å². The lowest BCUT2D eigenvalue weighted by Gasteiger charge is -2.13. The molecule has 2 N–H and O–H groups in total. The van der Waals surface area contributed by atoms with Gasteiger partial charge in [-0.2, -0.15) is 72.3 Å². The minimum atomic E-state index is -0.669. The highest BCUT2D eigenvalue weighted by Crippen LogP contribution is 2.12. The fourth-order valence-corrected chi connectivity index (χ4v) is 10.2. The van der Waals surface area contributed by atoms with Gasteiger partial charge >= 0.3 is 34.1 Å². The van der Waals surface area contributed by atoms with Gasteiger partial charge in [0, 0.05) is 26.2 Å². The smallest absolute Gasteiger partial charge is 0.336 e. The van der Waals surface area contributed by atoms with Crippen LogP contribution >= 0.6 is 72.3 Å². The van der Waals surface area contributed by atoms with Crippen LogP contribution in [0.2, 0.25) is 0 Å². The van der Waals surface area contributed by atoms with Gasteiger partial charge in [-0.1, -0.05) is 19.3 Å². The topological polar surface area (TPSA) is 172 Å². The number of rotatable bonds is 36. The molecule has 0 amide bonds. The molecular weight excluding hydrogens is 849 g/mol. The summed E-state index contributed by atoms with van der Waals surface area (Å²) in [6.07, 6.45) is 12.3. The lowest BCUT2D eigenvalue weighted by molar-refractivity contribution is 0.264. The Bertz CT molecular complexity index is 1630. The van der Waals surface area contributed by atoms with Gasteiger partial charge in [-0.3, -0.25) is 0 Å². The Morgan fingerprint density at radius 2 is 0.526 bits per heavy atom. The average molecular weight is 915 g/mol. The first-order chi connectivity index (χ1) is 27.7. The predicted octanol–water partition coefficient (Wildman–Crippen LogP) is 3.21. The standard InChI is InChI=1S/C37H66N6O8S6/c44-20-18-42-34(48)38(14-10-28-54-24-6-1-4-22-52)32(46)40(36(42)50)16-12-30-56-26-8-3-9-27-57-31-13-17-41-33(47)39(35(49)43(19-21-45)37(41)51)15-11-29-55-25-7-2-5-23-53/h44-45,52-53H,1-31H2. The van der Waals surface area contributed by atoms with E-state index in [-0.39, 0.29) is 52.5 Å². The maximum Gasteiger partial charge on any atom is 0.336 e. The maximum atomic E-state index is 13.2.